The van der Waals surface area contributed by atoms with Gasteiger partial charge in [0.05, 0.1) is 5.56 Å². The lowest BCUT2D eigenvalue weighted by Crippen LogP contribution is -2.16. The Hall–Kier alpha value is -0.170. The van der Waals surface area contributed by atoms with Gasteiger partial charge in [-0.1, -0.05) is 0 Å². The first-order chi connectivity index (χ1) is 6.07. The largest absolute Gasteiger partial charge is 0.328 e. The molecule has 1 rings (SSSR count). The topological polar surface area (TPSA) is 32.9 Å². The average Bonchev–Trinajstić information content (AvgIpc) is 2.04. The normalized spacial score (nSPS) is 10.8. The third kappa shape index (κ3) is 2.19. The molecular formula is C7H5ClF2INO. The van der Waals surface area contributed by atoms with E-state index in [0.29, 0.717) is 5.56 Å². The Kier molecular flexibility index (Phi) is 3.66. The van der Waals surface area contributed by atoms with Crippen molar-refractivity contribution in [1.29, 1.82) is 0 Å². The highest BCUT2D eigenvalue weighted by Crippen LogP contribution is 2.23. The second kappa shape index (κ2) is 4.36. The summed E-state index contributed by atoms with van der Waals surface area (Å²) in [5, 5.41) is 0. The van der Waals surface area contributed by atoms with E-state index in [0.717, 1.165) is 0 Å². The van der Waals surface area contributed by atoms with Gasteiger partial charge in [-0.3, -0.25) is 4.79 Å². The van der Waals surface area contributed by atoms with Crippen LogP contribution in [0.1, 0.15) is 17.6 Å². The van der Waals surface area contributed by atoms with E-state index in [4.69, 9.17) is 11.6 Å². The van der Waals surface area contributed by atoms with Gasteiger partial charge in [0, 0.05) is 15.6 Å². The van der Waals surface area contributed by atoms with Crippen LogP contribution in [0.5, 0.6) is 0 Å². The maximum atomic E-state index is 12.3. The summed E-state index contributed by atoms with van der Waals surface area (Å²) in [6, 6.07) is 0. The predicted molar refractivity (Wildman–Crippen MR) is 54.3 cm³/mol. The molecule has 0 aliphatic rings. The van der Waals surface area contributed by atoms with Gasteiger partial charge in [0.15, 0.2) is 0 Å². The fourth-order valence-corrected chi connectivity index (χ4v) is 2.12. The molecule has 1 aromatic rings. The minimum absolute atomic E-state index is 0.106. The molecule has 0 fully saturated rings. The molecule has 2 nitrogen and oxygen atoms in total. The number of pyridine rings is 1. The average molecular weight is 319 g/mol. The summed E-state index contributed by atoms with van der Waals surface area (Å²) in [5.41, 5.74) is -0.746. The molecule has 6 heteroatoms. The Labute approximate surface area is 91.4 Å². The van der Waals surface area contributed by atoms with Crippen molar-refractivity contribution in [2.45, 2.75) is 12.3 Å². The summed E-state index contributed by atoms with van der Waals surface area (Å²) >= 11 is 7.19. The smallest absolute Gasteiger partial charge is 0.270 e. The highest BCUT2D eigenvalue weighted by atomic mass is 127. The van der Waals surface area contributed by atoms with Crippen molar-refractivity contribution in [2.75, 3.05) is 0 Å². The van der Waals surface area contributed by atoms with Crippen molar-refractivity contribution in [2.24, 2.45) is 0 Å². The molecule has 0 saturated carbocycles. The van der Waals surface area contributed by atoms with E-state index in [-0.39, 0.29) is 9.45 Å². The molecule has 0 aliphatic carbocycles. The van der Waals surface area contributed by atoms with Gasteiger partial charge in [-0.05, 0) is 28.2 Å². The first-order valence-electron chi connectivity index (χ1n) is 3.32. The monoisotopic (exact) mass is 319 g/mol. The summed E-state index contributed by atoms with van der Waals surface area (Å²) in [4.78, 5) is 13.2. The van der Waals surface area contributed by atoms with Crippen molar-refractivity contribution in [3.8, 4) is 0 Å². The van der Waals surface area contributed by atoms with Crippen LogP contribution < -0.4 is 5.56 Å². The van der Waals surface area contributed by atoms with Crippen LogP contribution in [0.25, 0.3) is 0 Å². The maximum absolute atomic E-state index is 12.3. The van der Waals surface area contributed by atoms with Gasteiger partial charge in [-0.25, -0.2) is 8.78 Å². The SMILES string of the molecule is O=c1[nH]cc(CCl)c(I)c1C(F)F. The first-order valence-corrected chi connectivity index (χ1v) is 4.93. The van der Waals surface area contributed by atoms with E-state index in [9.17, 15) is 13.6 Å². The van der Waals surface area contributed by atoms with Crippen LogP contribution in [0.3, 0.4) is 0 Å². The Bertz CT molecular complexity index is 366. The molecule has 0 saturated heterocycles. The molecule has 1 heterocycles. The molecule has 1 aromatic heterocycles. The Balaban J connectivity index is 3.39. The van der Waals surface area contributed by atoms with Gasteiger partial charge in [0.25, 0.3) is 12.0 Å². The zero-order valence-electron chi connectivity index (χ0n) is 6.28. The van der Waals surface area contributed by atoms with Gasteiger partial charge in [-0.15, -0.1) is 11.6 Å². The number of H-pyrrole nitrogens is 1. The molecule has 0 aliphatic heterocycles. The van der Waals surface area contributed by atoms with Gasteiger partial charge >= 0.3 is 0 Å². The molecule has 0 aromatic carbocycles. The number of nitrogens with one attached hydrogen (secondary N) is 1. The molecule has 0 radical (unpaired) electrons. The van der Waals surface area contributed by atoms with Crippen LogP contribution in [-0.4, -0.2) is 4.98 Å². The van der Waals surface area contributed by atoms with Crippen LogP contribution >= 0.6 is 34.2 Å². The van der Waals surface area contributed by atoms with Gasteiger partial charge < -0.3 is 4.98 Å². The number of hydrogen-bond acceptors (Lipinski definition) is 1. The van der Waals surface area contributed by atoms with Crippen LogP contribution in [-0.2, 0) is 5.88 Å². The second-order valence-electron chi connectivity index (χ2n) is 2.31. The third-order valence-electron chi connectivity index (χ3n) is 1.50. The molecule has 0 atom stereocenters. The quantitative estimate of drug-likeness (QED) is 0.660. The molecule has 13 heavy (non-hydrogen) atoms. The lowest BCUT2D eigenvalue weighted by molar-refractivity contribution is 0.148. The minimum atomic E-state index is -2.76. The first kappa shape index (κ1) is 10.9. The fourth-order valence-electron chi connectivity index (χ4n) is 0.859. The lowest BCUT2D eigenvalue weighted by atomic mass is 10.2. The second-order valence-corrected chi connectivity index (χ2v) is 3.65. The predicted octanol–water partition coefficient (Wildman–Crippen LogP) is 2.66. The van der Waals surface area contributed by atoms with Crippen molar-refractivity contribution in [1.82, 2.24) is 4.98 Å². The lowest BCUT2D eigenvalue weighted by Gasteiger charge is -2.05. The highest BCUT2D eigenvalue weighted by Gasteiger charge is 2.18. The summed E-state index contributed by atoms with van der Waals surface area (Å²) < 4.78 is 24.9. The number of alkyl halides is 3. The number of rotatable bonds is 2. The van der Waals surface area contributed by atoms with Crippen molar-refractivity contribution < 1.29 is 8.78 Å². The molecule has 0 amide bonds. The fraction of sp³-hybridized carbons (Fsp3) is 0.286. The van der Waals surface area contributed by atoms with Crippen LogP contribution in [0.4, 0.5) is 8.78 Å². The van der Waals surface area contributed by atoms with Crippen molar-refractivity contribution in [3.05, 3.63) is 31.2 Å². The van der Waals surface area contributed by atoms with Gasteiger partial charge in [0.2, 0.25) is 0 Å². The number of hydrogen-bond donors (Lipinski definition) is 1. The molecule has 72 valence electrons. The van der Waals surface area contributed by atoms with Crippen LogP contribution in [0.2, 0.25) is 0 Å². The Morgan fingerprint density at radius 2 is 2.23 bits per heavy atom. The molecule has 0 unspecified atom stereocenters. The van der Waals surface area contributed by atoms with Gasteiger partial charge in [-0.2, -0.15) is 0 Å². The van der Waals surface area contributed by atoms with Crippen LogP contribution in [0, 0.1) is 3.57 Å². The minimum Gasteiger partial charge on any atom is -0.328 e. The van der Waals surface area contributed by atoms with E-state index in [1.54, 1.807) is 22.6 Å². The molecule has 0 spiro atoms. The van der Waals surface area contributed by atoms with E-state index < -0.39 is 17.5 Å². The van der Waals surface area contributed by atoms with Crippen molar-refractivity contribution >= 4 is 34.2 Å². The van der Waals surface area contributed by atoms with E-state index in [1.807, 2.05) is 0 Å². The summed E-state index contributed by atoms with van der Waals surface area (Å²) in [5.74, 6) is 0.106. The zero-order chi connectivity index (χ0) is 10.0. The Morgan fingerprint density at radius 1 is 1.62 bits per heavy atom. The molecular weight excluding hydrogens is 314 g/mol. The van der Waals surface area contributed by atoms with Crippen LogP contribution in [0.15, 0.2) is 11.0 Å². The third-order valence-corrected chi connectivity index (χ3v) is 3.06. The maximum Gasteiger partial charge on any atom is 0.270 e. The van der Waals surface area contributed by atoms with E-state index in [2.05, 4.69) is 4.98 Å². The summed E-state index contributed by atoms with van der Waals surface area (Å²) in [6.07, 6.45) is -1.41. The number of aromatic nitrogens is 1. The summed E-state index contributed by atoms with van der Waals surface area (Å²) in [7, 11) is 0. The molecule has 1 N–H and O–H groups in total. The highest BCUT2D eigenvalue weighted by molar-refractivity contribution is 14.1. The summed E-state index contributed by atoms with van der Waals surface area (Å²) in [6.45, 7) is 0. The van der Waals surface area contributed by atoms with Crippen molar-refractivity contribution in [3.63, 3.8) is 0 Å². The number of halogens is 4. The standard InChI is InChI=1S/C7H5ClF2INO/c8-1-3-2-12-7(13)4(5(3)11)6(9)10/h2,6H,1H2,(H,12,13). The molecule has 0 bridgehead atoms. The number of aromatic amines is 1. The zero-order valence-corrected chi connectivity index (χ0v) is 9.20. The van der Waals surface area contributed by atoms with Gasteiger partial charge in [0.1, 0.15) is 0 Å². The Morgan fingerprint density at radius 3 is 2.69 bits per heavy atom. The van der Waals surface area contributed by atoms with E-state index in [1.165, 1.54) is 6.20 Å². The van der Waals surface area contributed by atoms with E-state index >= 15 is 0 Å².